The molecular formula is C16H26N2O3. The van der Waals surface area contributed by atoms with Crippen LogP contribution in [0.2, 0.25) is 0 Å². The van der Waals surface area contributed by atoms with Gasteiger partial charge in [-0.15, -0.1) is 0 Å². The third-order valence-electron chi connectivity index (χ3n) is 4.15. The van der Waals surface area contributed by atoms with Gasteiger partial charge in [-0.3, -0.25) is 4.90 Å². The summed E-state index contributed by atoms with van der Waals surface area (Å²) in [6.45, 7) is 6.69. The van der Waals surface area contributed by atoms with Crippen LogP contribution in [0.4, 0.5) is 0 Å². The lowest BCUT2D eigenvalue weighted by Gasteiger charge is -2.38. The largest absolute Gasteiger partial charge is 0.493 e. The summed E-state index contributed by atoms with van der Waals surface area (Å²) in [6, 6.07) is 6.41. The summed E-state index contributed by atoms with van der Waals surface area (Å²) < 4.78 is 16.4. The van der Waals surface area contributed by atoms with E-state index in [4.69, 9.17) is 19.9 Å². The van der Waals surface area contributed by atoms with Gasteiger partial charge in [0.25, 0.3) is 0 Å². The minimum atomic E-state index is 0.0467. The van der Waals surface area contributed by atoms with Crippen molar-refractivity contribution >= 4 is 0 Å². The number of morpholine rings is 1. The highest BCUT2D eigenvalue weighted by atomic mass is 16.5. The van der Waals surface area contributed by atoms with Crippen molar-refractivity contribution < 1.29 is 14.2 Å². The molecular weight excluding hydrogens is 268 g/mol. The summed E-state index contributed by atoms with van der Waals surface area (Å²) in [5.74, 6) is 1.52. The molecule has 1 heterocycles. The van der Waals surface area contributed by atoms with Gasteiger partial charge in [0.2, 0.25) is 0 Å². The molecule has 21 heavy (non-hydrogen) atoms. The number of hydrogen-bond donors (Lipinski definition) is 1. The van der Waals surface area contributed by atoms with E-state index >= 15 is 0 Å². The molecule has 1 aliphatic rings. The van der Waals surface area contributed by atoms with Crippen LogP contribution in [0.1, 0.15) is 25.5 Å². The van der Waals surface area contributed by atoms with Gasteiger partial charge in [-0.1, -0.05) is 6.07 Å². The van der Waals surface area contributed by atoms with Crippen LogP contribution in [0.5, 0.6) is 11.5 Å². The van der Waals surface area contributed by atoms with Crippen LogP contribution in [0, 0.1) is 0 Å². The first kappa shape index (κ1) is 16.1. The van der Waals surface area contributed by atoms with E-state index in [0.29, 0.717) is 0 Å². The van der Waals surface area contributed by atoms with Crippen molar-refractivity contribution in [2.75, 3.05) is 33.9 Å². The number of benzene rings is 1. The van der Waals surface area contributed by atoms with E-state index in [0.717, 1.165) is 31.2 Å². The minimum absolute atomic E-state index is 0.0467. The van der Waals surface area contributed by atoms with Crippen molar-refractivity contribution in [3.8, 4) is 11.5 Å². The monoisotopic (exact) mass is 294 g/mol. The van der Waals surface area contributed by atoms with E-state index < -0.39 is 0 Å². The van der Waals surface area contributed by atoms with Crippen molar-refractivity contribution in [2.24, 2.45) is 5.73 Å². The summed E-state index contributed by atoms with van der Waals surface area (Å²) >= 11 is 0. The van der Waals surface area contributed by atoms with Crippen molar-refractivity contribution in [2.45, 2.75) is 32.0 Å². The lowest BCUT2D eigenvalue weighted by Crippen LogP contribution is -2.50. The van der Waals surface area contributed by atoms with Crippen molar-refractivity contribution in [3.05, 3.63) is 23.8 Å². The van der Waals surface area contributed by atoms with Crippen molar-refractivity contribution in [3.63, 3.8) is 0 Å². The molecule has 2 N–H and O–H groups in total. The predicted molar refractivity (Wildman–Crippen MR) is 82.9 cm³/mol. The summed E-state index contributed by atoms with van der Waals surface area (Å²) in [7, 11) is 3.31. The second-order valence-electron chi connectivity index (χ2n) is 5.55. The third-order valence-corrected chi connectivity index (χ3v) is 4.15. The Kier molecular flexibility index (Phi) is 5.45. The molecule has 1 saturated heterocycles. The van der Waals surface area contributed by atoms with Crippen LogP contribution in [-0.2, 0) is 4.74 Å². The molecule has 0 bridgehead atoms. The molecule has 0 radical (unpaired) electrons. The Balaban J connectivity index is 2.13. The summed E-state index contributed by atoms with van der Waals surface area (Å²) in [4.78, 5) is 2.40. The summed E-state index contributed by atoms with van der Waals surface area (Å²) in [5, 5.41) is 0. The maximum absolute atomic E-state index is 5.96. The van der Waals surface area contributed by atoms with Crippen LogP contribution in [0.25, 0.3) is 0 Å². The SMILES string of the molecule is COc1ccc(C(C)N2CCOC(C(C)N)C2)cc1OC. The lowest BCUT2D eigenvalue weighted by molar-refractivity contribution is -0.0498. The average molecular weight is 294 g/mol. The van der Waals surface area contributed by atoms with Crippen molar-refractivity contribution in [1.29, 1.82) is 0 Å². The van der Waals surface area contributed by atoms with Crippen LogP contribution in [-0.4, -0.2) is 51.0 Å². The quantitative estimate of drug-likeness (QED) is 0.897. The topological polar surface area (TPSA) is 57.0 Å². The Morgan fingerprint density at radius 1 is 1.24 bits per heavy atom. The van der Waals surface area contributed by atoms with E-state index in [2.05, 4.69) is 17.9 Å². The number of rotatable bonds is 5. The Morgan fingerprint density at radius 3 is 2.57 bits per heavy atom. The average Bonchev–Trinajstić information content (AvgIpc) is 2.53. The fourth-order valence-corrected chi connectivity index (χ4v) is 2.69. The number of nitrogens with two attached hydrogens (primary N) is 1. The molecule has 3 unspecified atom stereocenters. The Bertz CT molecular complexity index is 465. The van der Waals surface area contributed by atoms with Gasteiger partial charge < -0.3 is 19.9 Å². The summed E-state index contributed by atoms with van der Waals surface area (Å²) in [6.07, 6.45) is 0.0985. The Morgan fingerprint density at radius 2 is 1.95 bits per heavy atom. The Labute approximate surface area is 127 Å². The fourth-order valence-electron chi connectivity index (χ4n) is 2.69. The lowest BCUT2D eigenvalue weighted by atomic mass is 10.0. The first-order valence-electron chi connectivity index (χ1n) is 7.40. The first-order valence-corrected chi connectivity index (χ1v) is 7.40. The van der Waals surface area contributed by atoms with Gasteiger partial charge in [0.05, 0.1) is 26.9 Å². The molecule has 0 spiro atoms. The zero-order valence-electron chi connectivity index (χ0n) is 13.3. The number of methoxy groups -OCH3 is 2. The number of nitrogens with zero attached hydrogens (tertiary/aromatic N) is 1. The number of hydrogen-bond acceptors (Lipinski definition) is 5. The molecule has 5 nitrogen and oxygen atoms in total. The van der Waals surface area contributed by atoms with Crippen molar-refractivity contribution in [1.82, 2.24) is 4.90 Å². The standard InChI is InChI=1S/C16H26N2O3/c1-11(17)16-10-18(7-8-21-16)12(2)13-5-6-14(19-3)15(9-13)20-4/h5-6,9,11-12,16H,7-8,10,17H2,1-4H3. The maximum atomic E-state index is 5.96. The predicted octanol–water partition coefficient (Wildman–Crippen LogP) is 1.81. The molecule has 1 aromatic carbocycles. The highest BCUT2D eigenvalue weighted by Crippen LogP contribution is 2.32. The van der Waals surface area contributed by atoms with Crippen LogP contribution >= 0.6 is 0 Å². The van der Waals surface area contributed by atoms with E-state index in [1.807, 2.05) is 19.1 Å². The molecule has 1 aliphatic heterocycles. The molecule has 1 fully saturated rings. The van der Waals surface area contributed by atoms with Gasteiger partial charge in [-0.2, -0.15) is 0 Å². The van der Waals surface area contributed by atoms with Gasteiger partial charge in [-0.05, 0) is 31.5 Å². The van der Waals surface area contributed by atoms with Crippen LogP contribution in [0.3, 0.4) is 0 Å². The van der Waals surface area contributed by atoms with Gasteiger partial charge in [-0.25, -0.2) is 0 Å². The van der Waals surface area contributed by atoms with E-state index in [1.54, 1.807) is 14.2 Å². The molecule has 2 rings (SSSR count). The number of ether oxygens (including phenoxy) is 3. The minimum Gasteiger partial charge on any atom is -0.493 e. The molecule has 0 aliphatic carbocycles. The highest BCUT2D eigenvalue weighted by Gasteiger charge is 2.27. The normalized spacial score (nSPS) is 22.6. The zero-order valence-corrected chi connectivity index (χ0v) is 13.3. The van der Waals surface area contributed by atoms with E-state index in [1.165, 1.54) is 5.56 Å². The van der Waals surface area contributed by atoms with Crippen LogP contribution < -0.4 is 15.2 Å². The van der Waals surface area contributed by atoms with Gasteiger partial charge in [0.15, 0.2) is 11.5 Å². The smallest absolute Gasteiger partial charge is 0.161 e. The highest BCUT2D eigenvalue weighted by molar-refractivity contribution is 5.43. The molecule has 3 atom stereocenters. The first-order chi connectivity index (χ1) is 10.1. The molecule has 118 valence electrons. The van der Waals surface area contributed by atoms with Gasteiger partial charge >= 0.3 is 0 Å². The third kappa shape index (κ3) is 3.67. The molecule has 0 amide bonds. The van der Waals surface area contributed by atoms with E-state index in [9.17, 15) is 0 Å². The fraction of sp³-hybridized carbons (Fsp3) is 0.625. The summed E-state index contributed by atoms with van der Waals surface area (Å²) in [5.41, 5.74) is 7.17. The second-order valence-corrected chi connectivity index (χ2v) is 5.55. The zero-order chi connectivity index (χ0) is 15.4. The van der Waals surface area contributed by atoms with Gasteiger partial charge in [0.1, 0.15) is 0 Å². The Hall–Kier alpha value is -1.30. The van der Waals surface area contributed by atoms with Crippen LogP contribution in [0.15, 0.2) is 18.2 Å². The molecule has 0 saturated carbocycles. The van der Waals surface area contributed by atoms with E-state index in [-0.39, 0.29) is 18.2 Å². The second kappa shape index (κ2) is 7.11. The maximum Gasteiger partial charge on any atom is 0.161 e. The molecule has 5 heteroatoms. The molecule has 0 aromatic heterocycles. The van der Waals surface area contributed by atoms with Gasteiger partial charge in [0, 0.05) is 25.2 Å². The molecule has 1 aromatic rings.